The highest BCUT2D eigenvalue weighted by Gasteiger charge is 2.04. The van der Waals surface area contributed by atoms with Gasteiger partial charge in [-0.25, -0.2) is 0 Å². The number of allylic oxidation sites excluding steroid dienone is 2. The minimum absolute atomic E-state index is 0.209. The first-order chi connectivity index (χ1) is 4.84. The van der Waals surface area contributed by atoms with Crippen LogP contribution in [0.25, 0.3) is 0 Å². The van der Waals surface area contributed by atoms with Gasteiger partial charge in [-0.15, -0.1) is 6.42 Å². The fourth-order valence-corrected chi connectivity index (χ4v) is 0.865. The van der Waals surface area contributed by atoms with Gasteiger partial charge in [-0.3, -0.25) is 0 Å². The third-order valence-corrected chi connectivity index (χ3v) is 1.58. The van der Waals surface area contributed by atoms with E-state index in [1.165, 1.54) is 0 Å². The maximum absolute atomic E-state index is 5.25. The molecule has 1 nitrogen and oxygen atoms in total. The van der Waals surface area contributed by atoms with E-state index >= 15 is 0 Å². The standard InChI is InChI=1S/C9H11N/c1-3-9(2)10-7-5-4-6-8-10/h1,4-7,9H,8H2,2H3. The number of terminal acetylenes is 1. The van der Waals surface area contributed by atoms with Crippen LogP contribution in [0, 0.1) is 12.3 Å². The van der Waals surface area contributed by atoms with Crippen molar-refractivity contribution in [3.8, 4) is 12.3 Å². The van der Waals surface area contributed by atoms with Crippen LogP contribution in [0.15, 0.2) is 24.4 Å². The van der Waals surface area contributed by atoms with Crippen LogP contribution < -0.4 is 0 Å². The van der Waals surface area contributed by atoms with E-state index in [1.807, 2.05) is 25.3 Å². The average molecular weight is 133 g/mol. The Labute approximate surface area is 62.0 Å². The molecule has 0 saturated carbocycles. The van der Waals surface area contributed by atoms with E-state index in [2.05, 4.69) is 16.9 Å². The third-order valence-electron chi connectivity index (χ3n) is 1.58. The SMILES string of the molecule is C#CC(C)N1C=CC=CC1. The summed E-state index contributed by atoms with van der Waals surface area (Å²) in [6.45, 7) is 2.95. The molecule has 0 bridgehead atoms. The zero-order valence-corrected chi connectivity index (χ0v) is 6.12. The fourth-order valence-electron chi connectivity index (χ4n) is 0.865. The number of nitrogens with zero attached hydrogens (tertiary/aromatic N) is 1. The highest BCUT2D eigenvalue weighted by molar-refractivity contribution is 5.12. The van der Waals surface area contributed by atoms with E-state index in [0.717, 1.165) is 6.54 Å². The van der Waals surface area contributed by atoms with Crippen LogP contribution in [0.5, 0.6) is 0 Å². The van der Waals surface area contributed by atoms with Gasteiger partial charge in [0.2, 0.25) is 0 Å². The van der Waals surface area contributed by atoms with Crippen LogP contribution in [0.1, 0.15) is 6.92 Å². The summed E-state index contributed by atoms with van der Waals surface area (Å²) in [5.74, 6) is 2.68. The van der Waals surface area contributed by atoms with E-state index < -0.39 is 0 Å². The minimum atomic E-state index is 0.209. The third kappa shape index (κ3) is 1.41. The Hall–Kier alpha value is -1.16. The summed E-state index contributed by atoms with van der Waals surface area (Å²) in [7, 11) is 0. The van der Waals surface area contributed by atoms with E-state index in [9.17, 15) is 0 Å². The second-order valence-corrected chi connectivity index (χ2v) is 2.31. The number of hydrogen-bond acceptors (Lipinski definition) is 1. The Morgan fingerprint density at radius 2 is 2.40 bits per heavy atom. The second kappa shape index (κ2) is 3.12. The molecule has 0 aliphatic carbocycles. The van der Waals surface area contributed by atoms with Crippen molar-refractivity contribution in [2.75, 3.05) is 6.54 Å². The normalized spacial score (nSPS) is 18.6. The van der Waals surface area contributed by atoms with Crippen molar-refractivity contribution in [1.29, 1.82) is 0 Å². The summed E-state index contributed by atoms with van der Waals surface area (Å²) in [5.41, 5.74) is 0. The highest BCUT2D eigenvalue weighted by Crippen LogP contribution is 2.02. The zero-order valence-electron chi connectivity index (χ0n) is 6.12. The molecule has 1 heterocycles. The molecule has 0 aromatic rings. The summed E-state index contributed by atoms with van der Waals surface area (Å²) >= 11 is 0. The predicted molar refractivity (Wildman–Crippen MR) is 43.3 cm³/mol. The maximum Gasteiger partial charge on any atom is 0.0871 e. The summed E-state index contributed by atoms with van der Waals surface area (Å²) in [6.07, 6.45) is 13.4. The first-order valence-electron chi connectivity index (χ1n) is 3.40. The van der Waals surface area contributed by atoms with Crippen LogP contribution in [-0.2, 0) is 0 Å². The van der Waals surface area contributed by atoms with Gasteiger partial charge in [0.25, 0.3) is 0 Å². The largest absolute Gasteiger partial charge is 0.360 e. The van der Waals surface area contributed by atoms with Gasteiger partial charge in [-0.05, 0) is 13.0 Å². The number of rotatable bonds is 1. The van der Waals surface area contributed by atoms with Crippen LogP contribution in [0.3, 0.4) is 0 Å². The van der Waals surface area contributed by atoms with Crippen LogP contribution >= 0.6 is 0 Å². The van der Waals surface area contributed by atoms with E-state index in [4.69, 9.17) is 6.42 Å². The molecule has 1 aliphatic heterocycles. The molecule has 0 saturated heterocycles. The molecule has 1 rings (SSSR count). The molecule has 0 N–H and O–H groups in total. The monoisotopic (exact) mass is 133 g/mol. The Morgan fingerprint density at radius 1 is 1.60 bits per heavy atom. The minimum Gasteiger partial charge on any atom is -0.360 e. The molecule has 1 aliphatic rings. The zero-order chi connectivity index (χ0) is 7.40. The molecule has 0 radical (unpaired) electrons. The quantitative estimate of drug-likeness (QED) is 0.489. The number of hydrogen-bond donors (Lipinski definition) is 0. The molecule has 1 atom stereocenters. The van der Waals surface area contributed by atoms with Gasteiger partial charge in [-0.1, -0.05) is 18.1 Å². The molecule has 0 aromatic heterocycles. The maximum atomic E-state index is 5.25. The predicted octanol–water partition coefficient (Wildman–Crippen LogP) is 1.39. The highest BCUT2D eigenvalue weighted by atomic mass is 15.1. The second-order valence-electron chi connectivity index (χ2n) is 2.31. The molecule has 1 heteroatoms. The molecule has 1 unspecified atom stereocenters. The lowest BCUT2D eigenvalue weighted by molar-refractivity contribution is 0.377. The lowest BCUT2D eigenvalue weighted by Crippen LogP contribution is -2.27. The summed E-state index contributed by atoms with van der Waals surface area (Å²) in [4.78, 5) is 2.11. The molecule has 0 fully saturated rings. The Balaban J connectivity index is 2.52. The van der Waals surface area contributed by atoms with Gasteiger partial charge >= 0.3 is 0 Å². The van der Waals surface area contributed by atoms with Crippen molar-refractivity contribution in [3.63, 3.8) is 0 Å². The van der Waals surface area contributed by atoms with Gasteiger partial charge in [0.05, 0.1) is 6.04 Å². The van der Waals surface area contributed by atoms with Crippen LogP contribution in [-0.4, -0.2) is 17.5 Å². The molecule has 52 valence electrons. The first-order valence-corrected chi connectivity index (χ1v) is 3.40. The van der Waals surface area contributed by atoms with Gasteiger partial charge in [0, 0.05) is 12.7 Å². The van der Waals surface area contributed by atoms with Crippen molar-refractivity contribution in [2.24, 2.45) is 0 Å². The first kappa shape index (κ1) is 6.95. The van der Waals surface area contributed by atoms with Gasteiger partial charge in [0.15, 0.2) is 0 Å². The van der Waals surface area contributed by atoms with E-state index in [0.29, 0.717) is 0 Å². The van der Waals surface area contributed by atoms with Crippen LogP contribution in [0.4, 0.5) is 0 Å². The lowest BCUT2D eigenvalue weighted by atomic mass is 10.2. The van der Waals surface area contributed by atoms with Gasteiger partial charge < -0.3 is 4.90 Å². The Bertz CT molecular complexity index is 195. The molecule has 0 amide bonds. The molecule has 10 heavy (non-hydrogen) atoms. The van der Waals surface area contributed by atoms with Crippen molar-refractivity contribution in [2.45, 2.75) is 13.0 Å². The van der Waals surface area contributed by atoms with Crippen molar-refractivity contribution >= 4 is 0 Å². The van der Waals surface area contributed by atoms with E-state index in [-0.39, 0.29) is 6.04 Å². The van der Waals surface area contributed by atoms with E-state index in [1.54, 1.807) is 0 Å². The average Bonchev–Trinajstić information content (AvgIpc) is 2.05. The molecule has 0 spiro atoms. The van der Waals surface area contributed by atoms with Crippen molar-refractivity contribution in [1.82, 2.24) is 4.90 Å². The smallest absolute Gasteiger partial charge is 0.0871 e. The Morgan fingerprint density at radius 3 is 2.90 bits per heavy atom. The topological polar surface area (TPSA) is 3.24 Å². The summed E-state index contributed by atoms with van der Waals surface area (Å²) in [6, 6.07) is 0.209. The van der Waals surface area contributed by atoms with Crippen molar-refractivity contribution in [3.05, 3.63) is 24.4 Å². The molecular weight excluding hydrogens is 122 g/mol. The van der Waals surface area contributed by atoms with Gasteiger partial charge in [0.1, 0.15) is 0 Å². The lowest BCUT2D eigenvalue weighted by Gasteiger charge is -2.23. The molecular formula is C9H11N. The van der Waals surface area contributed by atoms with Crippen LogP contribution in [0.2, 0.25) is 0 Å². The van der Waals surface area contributed by atoms with Crippen molar-refractivity contribution < 1.29 is 0 Å². The summed E-state index contributed by atoms with van der Waals surface area (Å²) < 4.78 is 0. The molecule has 0 aromatic carbocycles. The fraction of sp³-hybridized carbons (Fsp3) is 0.333. The van der Waals surface area contributed by atoms with Gasteiger partial charge in [-0.2, -0.15) is 0 Å². The summed E-state index contributed by atoms with van der Waals surface area (Å²) in [5, 5.41) is 0. The Kier molecular flexibility index (Phi) is 2.17.